The smallest absolute Gasteiger partial charge is 0.195 e. The first kappa shape index (κ1) is 11.2. The molecule has 2 aromatic heterocycles. The molecule has 3 rings (SSSR count). The van der Waals surface area contributed by atoms with Crippen LogP contribution in [0.5, 0.6) is 0 Å². The van der Waals surface area contributed by atoms with Gasteiger partial charge in [-0.05, 0) is 50.5 Å². The lowest BCUT2D eigenvalue weighted by atomic mass is 10.3. The zero-order chi connectivity index (χ0) is 12.0. The van der Waals surface area contributed by atoms with Crippen molar-refractivity contribution in [2.45, 2.75) is 39.2 Å². The summed E-state index contributed by atoms with van der Waals surface area (Å²) in [5.41, 5.74) is 1.37. The lowest BCUT2D eigenvalue weighted by Crippen LogP contribution is -2.03. The molecule has 2 heterocycles. The van der Waals surface area contributed by atoms with Gasteiger partial charge < -0.3 is 0 Å². The molecule has 1 saturated carbocycles. The Labute approximate surface area is 109 Å². The van der Waals surface area contributed by atoms with Gasteiger partial charge in [-0.2, -0.15) is 5.10 Å². The molecule has 17 heavy (non-hydrogen) atoms. The van der Waals surface area contributed by atoms with Crippen LogP contribution in [-0.2, 0) is 6.54 Å². The van der Waals surface area contributed by atoms with Crippen LogP contribution < -0.4 is 0 Å². The van der Waals surface area contributed by atoms with Gasteiger partial charge in [-0.3, -0.25) is 9.67 Å². The molecule has 1 aliphatic rings. The van der Waals surface area contributed by atoms with Gasteiger partial charge in [0.15, 0.2) is 4.77 Å². The summed E-state index contributed by atoms with van der Waals surface area (Å²) >= 11 is 7.16. The second kappa shape index (κ2) is 4.07. The molecule has 90 valence electrons. The summed E-state index contributed by atoms with van der Waals surface area (Å²) in [5, 5.41) is 7.27. The van der Waals surface area contributed by atoms with Crippen LogP contribution in [0.15, 0.2) is 6.07 Å². The van der Waals surface area contributed by atoms with E-state index in [9.17, 15) is 0 Å². The maximum atomic E-state index is 5.31. The Morgan fingerprint density at radius 2 is 2.29 bits per heavy atom. The number of aromatic amines is 1. The number of aryl methyl sites for hydroxylation is 2. The van der Waals surface area contributed by atoms with Crippen molar-refractivity contribution in [3.63, 3.8) is 0 Å². The van der Waals surface area contributed by atoms with Gasteiger partial charge in [0.25, 0.3) is 0 Å². The summed E-state index contributed by atoms with van der Waals surface area (Å²) in [5.74, 6) is 1.77. The van der Waals surface area contributed by atoms with Crippen molar-refractivity contribution in [2.24, 2.45) is 0 Å². The molecule has 2 aromatic rings. The highest BCUT2D eigenvalue weighted by atomic mass is 32.1. The summed E-state index contributed by atoms with van der Waals surface area (Å²) in [6.45, 7) is 5.19. The largest absolute Gasteiger partial charge is 0.299 e. The maximum Gasteiger partial charge on any atom is 0.195 e. The molecule has 0 aliphatic heterocycles. The second-order valence-electron chi connectivity index (χ2n) is 4.70. The molecule has 0 amide bonds. The Balaban J connectivity index is 1.94. The zero-order valence-electron chi connectivity index (χ0n) is 9.99. The van der Waals surface area contributed by atoms with E-state index in [0.29, 0.717) is 5.92 Å². The van der Waals surface area contributed by atoms with Crippen LogP contribution in [0.4, 0.5) is 0 Å². The summed E-state index contributed by atoms with van der Waals surface area (Å²) in [7, 11) is 0. The first-order valence-electron chi connectivity index (χ1n) is 5.86. The molecular weight excluding hydrogens is 250 g/mol. The molecule has 1 N–H and O–H groups in total. The van der Waals surface area contributed by atoms with E-state index in [1.807, 2.05) is 11.3 Å². The second-order valence-corrected chi connectivity index (χ2v) is 6.43. The molecule has 0 atom stereocenters. The number of nitrogens with zero attached hydrogens (tertiary/aromatic N) is 2. The fourth-order valence-corrected chi connectivity index (χ4v) is 3.27. The van der Waals surface area contributed by atoms with E-state index in [0.717, 1.165) is 17.1 Å². The molecule has 0 spiro atoms. The highest BCUT2D eigenvalue weighted by Gasteiger charge is 2.29. The van der Waals surface area contributed by atoms with Crippen molar-refractivity contribution < 1.29 is 0 Å². The van der Waals surface area contributed by atoms with Gasteiger partial charge in [0.2, 0.25) is 0 Å². The van der Waals surface area contributed by atoms with Crippen LogP contribution in [0.3, 0.4) is 0 Å². The van der Waals surface area contributed by atoms with Crippen molar-refractivity contribution in [1.29, 1.82) is 0 Å². The lowest BCUT2D eigenvalue weighted by Gasteiger charge is -2.03. The predicted octanol–water partition coefficient (Wildman–Crippen LogP) is 3.54. The van der Waals surface area contributed by atoms with Crippen LogP contribution >= 0.6 is 23.6 Å². The minimum Gasteiger partial charge on any atom is -0.299 e. The van der Waals surface area contributed by atoms with E-state index in [1.165, 1.54) is 28.2 Å². The Bertz CT molecular complexity index is 582. The molecule has 0 saturated heterocycles. The number of H-pyrrole nitrogens is 1. The normalized spacial score (nSPS) is 15.4. The van der Waals surface area contributed by atoms with Crippen LogP contribution in [0.25, 0.3) is 0 Å². The van der Waals surface area contributed by atoms with Crippen molar-refractivity contribution in [1.82, 2.24) is 14.8 Å². The van der Waals surface area contributed by atoms with E-state index < -0.39 is 0 Å². The summed E-state index contributed by atoms with van der Waals surface area (Å²) in [6.07, 6.45) is 2.50. The maximum absolute atomic E-state index is 5.31. The molecule has 0 aromatic carbocycles. The third kappa shape index (κ3) is 2.09. The minimum absolute atomic E-state index is 0.630. The quantitative estimate of drug-likeness (QED) is 0.861. The van der Waals surface area contributed by atoms with Gasteiger partial charge in [0.1, 0.15) is 5.82 Å². The minimum atomic E-state index is 0.630. The van der Waals surface area contributed by atoms with Gasteiger partial charge in [0, 0.05) is 15.7 Å². The van der Waals surface area contributed by atoms with E-state index in [4.69, 9.17) is 12.2 Å². The van der Waals surface area contributed by atoms with Gasteiger partial charge in [-0.15, -0.1) is 11.3 Å². The average molecular weight is 265 g/mol. The molecular formula is C12H15N3S2. The summed E-state index contributed by atoms with van der Waals surface area (Å²) < 4.78 is 2.90. The molecule has 0 radical (unpaired) electrons. The Morgan fingerprint density at radius 3 is 2.88 bits per heavy atom. The van der Waals surface area contributed by atoms with Gasteiger partial charge in [0.05, 0.1) is 6.54 Å². The van der Waals surface area contributed by atoms with Crippen molar-refractivity contribution in [3.05, 3.63) is 32.0 Å². The van der Waals surface area contributed by atoms with E-state index in [1.54, 1.807) is 0 Å². The van der Waals surface area contributed by atoms with Crippen molar-refractivity contribution >= 4 is 23.6 Å². The first-order valence-corrected chi connectivity index (χ1v) is 7.08. The third-order valence-electron chi connectivity index (χ3n) is 3.26. The number of hydrogen-bond donors (Lipinski definition) is 1. The van der Waals surface area contributed by atoms with Crippen molar-refractivity contribution in [3.8, 4) is 0 Å². The fraction of sp³-hybridized carbons (Fsp3) is 0.500. The van der Waals surface area contributed by atoms with Crippen LogP contribution in [-0.4, -0.2) is 14.8 Å². The van der Waals surface area contributed by atoms with Crippen LogP contribution in [0.2, 0.25) is 0 Å². The Hall–Kier alpha value is -0.940. The third-order valence-corrected chi connectivity index (χ3v) is 4.71. The first-order chi connectivity index (χ1) is 8.15. The van der Waals surface area contributed by atoms with E-state index >= 15 is 0 Å². The zero-order valence-corrected chi connectivity index (χ0v) is 11.6. The number of thiophene rings is 1. The topological polar surface area (TPSA) is 33.6 Å². The molecule has 1 aliphatic carbocycles. The standard InChI is InChI=1S/C12H15N3S2/c1-7-5-10(17-8(7)2)6-15-11(9-3-4-9)13-14-12(15)16/h5,9H,3-4,6H2,1-2H3,(H,14,16). The molecule has 0 unspecified atom stereocenters. The number of aromatic nitrogens is 3. The summed E-state index contributed by atoms with van der Waals surface area (Å²) in [4.78, 5) is 2.75. The number of nitrogens with one attached hydrogen (secondary N) is 1. The molecule has 3 nitrogen and oxygen atoms in total. The number of rotatable bonds is 3. The fourth-order valence-electron chi connectivity index (χ4n) is 2.02. The van der Waals surface area contributed by atoms with Gasteiger partial charge in [-0.25, -0.2) is 0 Å². The molecule has 5 heteroatoms. The predicted molar refractivity (Wildman–Crippen MR) is 72.3 cm³/mol. The Morgan fingerprint density at radius 1 is 1.53 bits per heavy atom. The van der Waals surface area contributed by atoms with Gasteiger partial charge in [-0.1, -0.05) is 0 Å². The highest BCUT2D eigenvalue weighted by Crippen LogP contribution is 2.39. The Kier molecular flexibility index (Phi) is 2.67. The van der Waals surface area contributed by atoms with E-state index in [-0.39, 0.29) is 0 Å². The average Bonchev–Trinajstić information content (AvgIpc) is 2.99. The number of hydrogen-bond acceptors (Lipinski definition) is 3. The molecule has 1 fully saturated rings. The summed E-state index contributed by atoms with van der Waals surface area (Å²) in [6, 6.07) is 2.26. The monoisotopic (exact) mass is 265 g/mol. The lowest BCUT2D eigenvalue weighted by molar-refractivity contribution is 0.726. The van der Waals surface area contributed by atoms with Crippen molar-refractivity contribution in [2.75, 3.05) is 0 Å². The van der Waals surface area contributed by atoms with Crippen LogP contribution in [0.1, 0.15) is 39.9 Å². The van der Waals surface area contributed by atoms with E-state index in [2.05, 4.69) is 34.7 Å². The highest BCUT2D eigenvalue weighted by molar-refractivity contribution is 7.71. The van der Waals surface area contributed by atoms with Gasteiger partial charge >= 0.3 is 0 Å². The molecule has 0 bridgehead atoms. The van der Waals surface area contributed by atoms with Crippen LogP contribution in [0, 0.1) is 18.6 Å². The SMILES string of the molecule is Cc1cc(Cn2c(C3CC3)n[nH]c2=S)sc1C.